The second-order valence-corrected chi connectivity index (χ2v) is 4.39. The minimum Gasteiger partial charge on any atom is -0.338 e. The molecule has 0 N–H and O–H groups in total. The largest absolute Gasteiger partial charge is 0.338 e. The Balaban J connectivity index is 2.07. The van der Waals surface area contributed by atoms with E-state index >= 15 is 0 Å². The minimum atomic E-state index is 0.0845. The van der Waals surface area contributed by atoms with Gasteiger partial charge in [0.15, 0.2) is 0 Å². The lowest BCUT2D eigenvalue weighted by molar-refractivity contribution is -0.131. The van der Waals surface area contributed by atoms with Crippen molar-refractivity contribution < 1.29 is 4.79 Å². The Morgan fingerprint density at radius 1 is 1.44 bits per heavy atom. The van der Waals surface area contributed by atoms with E-state index in [0.29, 0.717) is 12.5 Å². The average molecular weight is 215 g/mol. The zero-order valence-electron chi connectivity index (χ0n) is 9.60. The molecule has 1 heterocycles. The topological polar surface area (TPSA) is 20.3 Å². The monoisotopic (exact) mass is 215 g/mol. The summed E-state index contributed by atoms with van der Waals surface area (Å²) in [5.41, 5.74) is 1.19. The van der Waals surface area contributed by atoms with E-state index in [1.807, 2.05) is 36.1 Å². The lowest BCUT2D eigenvalue weighted by Gasteiger charge is -2.16. The Labute approximate surface area is 96.6 Å². The Morgan fingerprint density at radius 3 is 2.69 bits per heavy atom. The van der Waals surface area contributed by atoms with Crippen molar-refractivity contribution in [1.82, 2.24) is 4.90 Å². The third-order valence-electron chi connectivity index (χ3n) is 3.29. The molecule has 16 heavy (non-hydrogen) atoms. The van der Waals surface area contributed by atoms with Crippen molar-refractivity contribution in [3.8, 4) is 0 Å². The van der Waals surface area contributed by atoms with Gasteiger partial charge in [0, 0.05) is 24.9 Å². The highest BCUT2D eigenvalue weighted by molar-refractivity contribution is 5.81. The van der Waals surface area contributed by atoms with Crippen molar-refractivity contribution in [2.45, 2.75) is 13.5 Å². The van der Waals surface area contributed by atoms with Crippen LogP contribution >= 0.6 is 0 Å². The number of rotatable bonds is 3. The maximum absolute atomic E-state index is 12.0. The van der Waals surface area contributed by atoms with Crippen LogP contribution in [-0.4, -0.2) is 17.4 Å². The fraction of sp³-hybridized carbons (Fsp3) is 0.357. The normalized spacial score (nSPS) is 24.8. The van der Waals surface area contributed by atoms with Gasteiger partial charge in [0.25, 0.3) is 0 Å². The number of nitrogens with zero attached hydrogens (tertiary/aromatic N) is 1. The highest BCUT2D eigenvalue weighted by atomic mass is 16.2. The smallest absolute Gasteiger partial charge is 0.226 e. The molecule has 1 aliphatic rings. The molecule has 0 aromatic heterocycles. The number of hydrogen-bond acceptors (Lipinski definition) is 1. The molecule has 0 radical (unpaired) electrons. The van der Waals surface area contributed by atoms with Gasteiger partial charge in [0.1, 0.15) is 0 Å². The minimum absolute atomic E-state index is 0.0845. The van der Waals surface area contributed by atoms with Crippen molar-refractivity contribution >= 4 is 5.91 Å². The molecule has 2 rings (SSSR count). The molecule has 1 aliphatic heterocycles. The fourth-order valence-electron chi connectivity index (χ4n) is 2.20. The molecular weight excluding hydrogens is 198 g/mol. The number of hydrogen-bond donors (Lipinski definition) is 0. The molecule has 1 saturated heterocycles. The number of likely N-dealkylation sites (tertiary alicyclic amines) is 1. The summed E-state index contributed by atoms with van der Waals surface area (Å²) in [5.74, 6) is 0.631. The third-order valence-corrected chi connectivity index (χ3v) is 3.29. The maximum atomic E-state index is 12.0. The van der Waals surface area contributed by atoms with Crippen LogP contribution in [0.15, 0.2) is 43.0 Å². The number of carbonyl (C=O) groups is 1. The van der Waals surface area contributed by atoms with E-state index < -0.39 is 0 Å². The van der Waals surface area contributed by atoms with E-state index in [4.69, 9.17) is 0 Å². The first-order valence-corrected chi connectivity index (χ1v) is 5.67. The second kappa shape index (κ2) is 4.52. The molecule has 2 heteroatoms. The molecule has 1 amide bonds. The van der Waals surface area contributed by atoms with Gasteiger partial charge >= 0.3 is 0 Å². The summed E-state index contributed by atoms with van der Waals surface area (Å²) in [6.45, 7) is 7.30. The van der Waals surface area contributed by atoms with Crippen molar-refractivity contribution in [1.29, 1.82) is 0 Å². The van der Waals surface area contributed by atoms with Crippen LogP contribution in [0.4, 0.5) is 0 Å². The fourth-order valence-corrected chi connectivity index (χ4v) is 2.20. The van der Waals surface area contributed by atoms with Gasteiger partial charge in [-0.15, -0.1) is 6.58 Å². The van der Waals surface area contributed by atoms with E-state index in [9.17, 15) is 4.79 Å². The van der Waals surface area contributed by atoms with Gasteiger partial charge in [0.2, 0.25) is 5.91 Å². The summed E-state index contributed by atoms with van der Waals surface area (Å²) >= 11 is 0. The summed E-state index contributed by atoms with van der Waals surface area (Å²) in [4.78, 5) is 13.9. The zero-order chi connectivity index (χ0) is 11.5. The summed E-state index contributed by atoms with van der Waals surface area (Å²) < 4.78 is 0. The first-order chi connectivity index (χ1) is 7.72. The highest BCUT2D eigenvalue weighted by Crippen LogP contribution is 2.26. The van der Waals surface area contributed by atoms with E-state index in [1.165, 1.54) is 5.56 Å². The average Bonchev–Trinajstić information content (AvgIpc) is 2.58. The number of benzene rings is 1. The molecule has 1 aromatic carbocycles. The predicted molar refractivity (Wildman–Crippen MR) is 64.7 cm³/mol. The van der Waals surface area contributed by atoms with Gasteiger partial charge in [-0.3, -0.25) is 4.79 Å². The molecule has 2 atom stereocenters. The van der Waals surface area contributed by atoms with E-state index in [2.05, 4.69) is 18.7 Å². The maximum Gasteiger partial charge on any atom is 0.226 e. The van der Waals surface area contributed by atoms with Crippen molar-refractivity contribution in [2.24, 2.45) is 11.8 Å². The van der Waals surface area contributed by atoms with Gasteiger partial charge in [-0.25, -0.2) is 0 Å². The summed E-state index contributed by atoms with van der Waals surface area (Å²) in [6.07, 6.45) is 1.90. The number of carbonyl (C=O) groups excluding carboxylic acids is 1. The van der Waals surface area contributed by atoms with Crippen LogP contribution in [0.3, 0.4) is 0 Å². The summed E-state index contributed by atoms with van der Waals surface area (Å²) in [5, 5.41) is 0. The van der Waals surface area contributed by atoms with Gasteiger partial charge in [0.05, 0.1) is 0 Å². The lowest BCUT2D eigenvalue weighted by atomic mass is 9.98. The van der Waals surface area contributed by atoms with E-state index in [0.717, 1.165) is 6.54 Å². The predicted octanol–water partition coefficient (Wildman–Crippen LogP) is 2.47. The van der Waals surface area contributed by atoms with E-state index in [1.54, 1.807) is 0 Å². The first kappa shape index (κ1) is 10.9. The SMILES string of the molecule is C=CC1CN(Cc2ccccc2)C(=O)C1C. The molecule has 0 aliphatic carbocycles. The Bertz CT molecular complexity index is 385. The Kier molecular flexibility index (Phi) is 3.09. The van der Waals surface area contributed by atoms with Crippen molar-refractivity contribution in [3.05, 3.63) is 48.6 Å². The molecule has 84 valence electrons. The van der Waals surface area contributed by atoms with Crippen molar-refractivity contribution in [2.75, 3.05) is 6.54 Å². The van der Waals surface area contributed by atoms with Crippen LogP contribution in [-0.2, 0) is 11.3 Å². The molecule has 1 fully saturated rings. The van der Waals surface area contributed by atoms with Crippen LogP contribution in [0.2, 0.25) is 0 Å². The molecule has 2 nitrogen and oxygen atoms in total. The molecular formula is C14H17NO. The molecule has 0 saturated carbocycles. The third kappa shape index (κ3) is 2.01. The summed E-state index contributed by atoms with van der Waals surface area (Å²) in [7, 11) is 0. The summed E-state index contributed by atoms with van der Waals surface area (Å²) in [6, 6.07) is 10.1. The van der Waals surface area contributed by atoms with Gasteiger partial charge < -0.3 is 4.90 Å². The second-order valence-electron chi connectivity index (χ2n) is 4.39. The van der Waals surface area contributed by atoms with Crippen LogP contribution < -0.4 is 0 Å². The Hall–Kier alpha value is -1.57. The zero-order valence-corrected chi connectivity index (χ0v) is 9.60. The van der Waals surface area contributed by atoms with Crippen LogP contribution in [0.25, 0.3) is 0 Å². The molecule has 0 spiro atoms. The van der Waals surface area contributed by atoms with Gasteiger partial charge in [-0.2, -0.15) is 0 Å². The Morgan fingerprint density at radius 2 is 2.12 bits per heavy atom. The quantitative estimate of drug-likeness (QED) is 0.709. The van der Waals surface area contributed by atoms with Crippen LogP contribution in [0, 0.1) is 11.8 Å². The van der Waals surface area contributed by atoms with E-state index in [-0.39, 0.29) is 11.8 Å². The highest BCUT2D eigenvalue weighted by Gasteiger charge is 2.34. The van der Waals surface area contributed by atoms with Crippen molar-refractivity contribution in [3.63, 3.8) is 0 Å². The van der Waals surface area contributed by atoms with Gasteiger partial charge in [-0.05, 0) is 5.56 Å². The van der Waals surface area contributed by atoms with Gasteiger partial charge in [-0.1, -0.05) is 43.3 Å². The first-order valence-electron chi connectivity index (χ1n) is 5.67. The standard InChI is InChI=1S/C14H17NO/c1-3-13-10-15(14(16)11(13)2)9-12-7-5-4-6-8-12/h3-8,11,13H,1,9-10H2,2H3. The number of amides is 1. The van der Waals surface area contributed by atoms with Crippen LogP contribution in [0.5, 0.6) is 0 Å². The molecule has 1 aromatic rings. The molecule has 2 unspecified atom stereocenters. The lowest BCUT2D eigenvalue weighted by Crippen LogP contribution is -2.26. The van der Waals surface area contributed by atoms with Crippen LogP contribution in [0.1, 0.15) is 12.5 Å². The molecule has 0 bridgehead atoms.